The molecule has 2 rings (SSSR count). The van der Waals surface area contributed by atoms with Crippen LogP contribution in [0.5, 0.6) is 0 Å². The van der Waals surface area contributed by atoms with E-state index in [9.17, 15) is 4.79 Å². The van der Waals surface area contributed by atoms with Crippen LogP contribution < -0.4 is 0 Å². The Kier molecular flexibility index (Phi) is 3.92. The average Bonchev–Trinajstić information content (AvgIpc) is 2.38. The molecule has 0 atom stereocenters. The number of esters is 1. The van der Waals surface area contributed by atoms with Crippen LogP contribution in [0.3, 0.4) is 0 Å². The summed E-state index contributed by atoms with van der Waals surface area (Å²) >= 11 is 0. The molecule has 2 aromatic rings. The molecular weight excluding hydrogens is 226 g/mol. The summed E-state index contributed by atoms with van der Waals surface area (Å²) in [5.41, 5.74) is 2.35. The molecule has 0 radical (unpaired) electrons. The number of nitrogens with zero attached hydrogens (tertiary/aromatic N) is 1. The van der Waals surface area contributed by atoms with Crippen LogP contribution in [0.25, 0.3) is 10.9 Å². The molecule has 0 aliphatic rings. The number of para-hydroxylation sites is 1. The quantitative estimate of drug-likeness (QED) is 0.773. The van der Waals surface area contributed by atoms with Crippen LogP contribution >= 0.6 is 0 Å². The van der Waals surface area contributed by atoms with Gasteiger partial charge in [-0.1, -0.05) is 31.5 Å². The van der Waals surface area contributed by atoms with E-state index in [-0.39, 0.29) is 5.97 Å². The summed E-state index contributed by atoms with van der Waals surface area (Å²) in [7, 11) is 0. The van der Waals surface area contributed by atoms with Crippen molar-refractivity contribution in [1.29, 1.82) is 0 Å². The fourth-order valence-electron chi connectivity index (χ4n) is 1.97. The molecule has 0 bridgehead atoms. The Morgan fingerprint density at radius 2 is 2.06 bits per heavy atom. The number of fused-ring (bicyclic) bond motifs is 1. The van der Waals surface area contributed by atoms with Gasteiger partial charge in [-0.15, -0.1) is 0 Å². The van der Waals surface area contributed by atoms with Gasteiger partial charge in [-0.3, -0.25) is 4.98 Å². The average molecular weight is 243 g/mol. The number of pyridine rings is 1. The monoisotopic (exact) mass is 243 g/mol. The van der Waals surface area contributed by atoms with Crippen molar-refractivity contribution in [2.45, 2.75) is 26.7 Å². The van der Waals surface area contributed by atoms with Crippen LogP contribution in [0.1, 0.15) is 36.3 Å². The van der Waals surface area contributed by atoms with E-state index in [1.165, 1.54) is 0 Å². The number of aromatic nitrogens is 1. The van der Waals surface area contributed by atoms with E-state index in [1.54, 1.807) is 0 Å². The zero-order chi connectivity index (χ0) is 13.0. The third-order valence-corrected chi connectivity index (χ3v) is 2.79. The number of hydrogen-bond donors (Lipinski definition) is 0. The molecule has 0 fully saturated rings. The molecule has 3 nitrogen and oxygen atoms in total. The van der Waals surface area contributed by atoms with Crippen LogP contribution in [0.15, 0.2) is 30.3 Å². The van der Waals surface area contributed by atoms with Gasteiger partial charge in [0.2, 0.25) is 0 Å². The van der Waals surface area contributed by atoms with Gasteiger partial charge in [0.15, 0.2) is 0 Å². The fraction of sp³-hybridized carbons (Fsp3) is 0.333. The topological polar surface area (TPSA) is 39.2 Å². The summed E-state index contributed by atoms with van der Waals surface area (Å²) in [6.45, 7) is 4.27. The highest BCUT2D eigenvalue weighted by Gasteiger charge is 2.14. The minimum Gasteiger partial charge on any atom is -0.462 e. The molecule has 0 amide bonds. The van der Waals surface area contributed by atoms with Crippen molar-refractivity contribution in [3.8, 4) is 0 Å². The normalized spacial score (nSPS) is 10.6. The van der Waals surface area contributed by atoms with E-state index >= 15 is 0 Å². The first kappa shape index (κ1) is 12.6. The molecule has 94 valence electrons. The molecule has 0 aliphatic carbocycles. The highest BCUT2D eigenvalue weighted by molar-refractivity contribution is 5.95. The van der Waals surface area contributed by atoms with Crippen molar-refractivity contribution in [3.63, 3.8) is 0 Å². The highest BCUT2D eigenvalue weighted by atomic mass is 16.5. The summed E-state index contributed by atoms with van der Waals surface area (Å²) in [5.74, 6) is -0.279. The molecule has 0 aliphatic heterocycles. The van der Waals surface area contributed by atoms with E-state index in [1.807, 2.05) is 37.3 Å². The molecule has 0 saturated carbocycles. The van der Waals surface area contributed by atoms with Crippen molar-refractivity contribution >= 4 is 16.9 Å². The van der Waals surface area contributed by atoms with Gasteiger partial charge in [0.1, 0.15) is 0 Å². The van der Waals surface area contributed by atoms with Gasteiger partial charge in [-0.2, -0.15) is 0 Å². The summed E-state index contributed by atoms with van der Waals surface area (Å²) in [5, 5.41) is 0.973. The number of benzene rings is 1. The Balaban J connectivity index is 2.53. The van der Waals surface area contributed by atoms with Crippen molar-refractivity contribution in [1.82, 2.24) is 4.98 Å². The lowest BCUT2D eigenvalue weighted by molar-refractivity contribution is 0.0524. The van der Waals surface area contributed by atoms with Crippen molar-refractivity contribution in [2.75, 3.05) is 6.61 Å². The minimum absolute atomic E-state index is 0.279. The maximum atomic E-state index is 11.9. The smallest absolute Gasteiger partial charge is 0.340 e. The predicted octanol–water partition coefficient (Wildman–Crippen LogP) is 3.36. The lowest BCUT2D eigenvalue weighted by atomic mass is 10.1. The van der Waals surface area contributed by atoms with Crippen LogP contribution in [0.4, 0.5) is 0 Å². The Morgan fingerprint density at radius 1 is 1.28 bits per heavy atom. The Morgan fingerprint density at radius 3 is 2.78 bits per heavy atom. The summed E-state index contributed by atoms with van der Waals surface area (Å²) in [6.07, 6.45) is 1.75. The van der Waals surface area contributed by atoms with Crippen LogP contribution in [0.2, 0.25) is 0 Å². The van der Waals surface area contributed by atoms with E-state index in [0.717, 1.165) is 29.4 Å². The van der Waals surface area contributed by atoms with Crippen LogP contribution in [0, 0.1) is 0 Å². The molecule has 0 saturated heterocycles. The number of carbonyl (C=O) groups is 1. The van der Waals surface area contributed by atoms with E-state index in [4.69, 9.17) is 4.74 Å². The minimum atomic E-state index is -0.279. The zero-order valence-electron chi connectivity index (χ0n) is 10.8. The lowest BCUT2D eigenvalue weighted by Crippen LogP contribution is -2.10. The standard InChI is InChI=1S/C15H17NO2/c1-3-7-14-12(15(17)18-4-2)10-11-8-5-6-9-13(11)16-14/h5-6,8-10H,3-4,7H2,1-2H3. The fourth-order valence-corrected chi connectivity index (χ4v) is 1.97. The Labute approximate surface area is 107 Å². The summed E-state index contributed by atoms with van der Waals surface area (Å²) in [6, 6.07) is 9.70. The molecule has 0 spiro atoms. The second-order valence-electron chi connectivity index (χ2n) is 4.15. The van der Waals surface area contributed by atoms with Crippen LogP contribution in [-0.2, 0) is 11.2 Å². The van der Waals surface area contributed by atoms with Gasteiger partial charge in [0, 0.05) is 5.39 Å². The maximum absolute atomic E-state index is 11.9. The number of hydrogen-bond acceptors (Lipinski definition) is 3. The second kappa shape index (κ2) is 5.63. The van der Waals surface area contributed by atoms with Gasteiger partial charge in [-0.05, 0) is 25.5 Å². The third-order valence-electron chi connectivity index (χ3n) is 2.79. The maximum Gasteiger partial charge on any atom is 0.340 e. The van der Waals surface area contributed by atoms with Crippen molar-refractivity contribution < 1.29 is 9.53 Å². The van der Waals surface area contributed by atoms with Gasteiger partial charge in [0.25, 0.3) is 0 Å². The Bertz CT molecular complexity index is 563. The number of ether oxygens (including phenoxy) is 1. The molecule has 1 aromatic carbocycles. The largest absolute Gasteiger partial charge is 0.462 e. The molecular formula is C15H17NO2. The van der Waals surface area contributed by atoms with Gasteiger partial charge in [0.05, 0.1) is 23.4 Å². The number of carbonyl (C=O) groups excluding carboxylic acids is 1. The zero-order valence-corrected chi connectivity index (χ0v) is 10.8. The second-order valence-corrected chi connectivity index (χ2v) is 4.15. The van der Waals surface area contributed by atoms with Gasteiger partial charge >= 0.3 is 5.97 Å². The van der Waals surface area contributed by atoms with Gasteiger partial charge < -0.3 is 4.74 Å². The number of aryl methyl sites for hydroxylation is 1. The summed E-state index contributed by atoms with van der Waals surface area (Å²) < 4.78 is 5.08. The molecule has 3 heteroatoms. The van der Waals surface area contributed by atoms with Crippen molar-refractivity contribution in [2.24, 2.45) is 0 Å². The molecule has 0 N–H and O–H groups in total. The third kappa shape index (κ3) is 2.50. The predicted molar refractivity (Wildman–Crippen MR) is 71.7 cm³/mol. The highest BCUT2D eigenvalue weighted by Crippen LogP contribution is 2.18. The van der Waals surface area contributed by atoms with Crippen LogP contribution in [-0.4, -0.2) is 17.6 Å². The lowest BCUT2D eigenvalue weighted by Gasteiger charge is -2.09. The Hall–Kier alpha value is -1.90. The number of rotatable bonds is 4. The van der Waals surface area contributed by atoms with Crippen molar-refractivity contribution in [3.05, 3.63) is 41.6 Å². The van der Waals surface area contributed by atoms with E-state index in [2.05, 4.69) is 11.9 Å². The summed E-state index contributed by atoms with van der Waals surface area (Å²) in [4.78, 5) is 16.5. The van der Waals surface area contributed by atoms with E-state index < -0.39 is 0 Å². The molecule has 18 heavy (non-hydrogen) atoms. The molecule has 1 heterocycles. The first-order valence-corrected chi connectivity index (χ1v) is 6.32. The molecule has 1 aromatic heterocycles. The molecule has 0 unspecified atom stereocenters. The van der Waals surface area contributed by atoms with E-state index in [0.29, 0.717) is 12.2 Å². The first-order valence-electron chi connectivity index (χ1n) is 6.32. The first-order chi connectivity index (χ1) is 8.76. The SMILES string of the molecule is CCCc1nc2ccccc2cc1C(=O)OCC. The van der Waals surface area contributed by atoms with Gasteiger partial charge in [-0.25, -0.2) is 4.79 Å².